The van der Waals surface area contributed by atoms with Crippen molar-refractivity contribution in [2.75, 3.05) is 172 Å². The standard InChI is InChI=1S/C36H72N2O14/c1-33(2)35(39)5-9-41-13-17-45-21-25-49-29-31-52-28-24-48-20-16-44-12-8-38-36(40)6-10-42-14-18-46-22-26-50-30-32-51-27-23-47-19-15-43-11-7-37-34(3)4/h33-34,37H,5-32H2,1-4H3,(H,38,40). The Hall–Kier alpha value is -1.38. The number of ether oxygens (including phenoxy) is 12. The first-order chi connectivity index (χ1) is 25.4. The molecule has 0 spiro atoms. The summed E-state index contributed by atoms with van der Waals surface area (Å²) in [6.45, 7) is 20.8. The molecular formula is C36H72N2O14. The molecule has 52 heavy (non-hydrogen) atoms. The van der Waals surface area contributed by atoms with Crippen LogP contribution >= 0.6 is 0 Å². The number of amides is 1. The van der Waals surface area contributed by atoms with Crippen molar-refractivity contribution in [2.24, 2.45) is 5.92 Å². The lowest BCUT2D eigenvalue weighted by Gasteiger charge is -2.09. The Morgan fingerprint density at radius 3 is 0.942 bits per heavy atom. The maximum Gasteiger partial charge on any atom is 0.222 e. The molecule has 0 saturated carbocycles. The third-order valence-corrected chi connectivity index (χ3v) is 6.70. The molecule has 0 radical (unpaired) electrons. The molecule has 16 heteroatoms. The van der Waals surface area contributed by atoms with Gasteiger partial charge < -0.3 is 67.5 Å². The fourth-order valence-corrected chi connectivity index (χ4v) is 3.80. The molecule has 0 aromatic rings. The van der Waals surface area contributed by atoms with E-state index in [1.807, 2.05) is 13.8 Å². The average Bonchev–Trinajstić information content (AvgIpc) is 3.12. The molecule has 0 rings (SSSR count). The number of ketones is 1. The lowest BCUT2D eigenvalue weighted by molar-refractivity contribution is -0.123. The molecule has 2 N–H and O–H groups in total. The minimum absolute atomic E-state index is 0.0518. The molecule has 1 amide bonds. The van der Waals surface area contributed by atoms with Gasteiger partial charge in [-0.2, -0.15) is 0 Å². The Labute approximate surface area is 312 Å². The first-order valence-electron chi connectivity index (χ1n) is 18.9. The van der Waals surface area contributed by atoms with Crippen LogP contribution < -0.4 is 10.6 Å². The van der Waals surface area contributed by atoms with E-state index in [1.165, 1.54) is 0 Å². The Bertz CT molecular complexity index is 752. The van der Waals surface area contributed by atoms with Gasteiger partial charge in [-0.1, -0.05) is 27.7 Å². The van der Waals surface area contributed by atoms with Crippen LogP contribution in [0.15, 0.2) is 0 Å². The second-order valence-electron chi connectivity index (χ2n) is 11.9. The van der Waals surface area contributed by atoms with E-state index in [4.69, 9.17) is 56.8 Å². The van der Waals surface area contributed by atoms with Crippen LogP contribution in [0.3, 0.4) is 0 Å². The van der Waals surface area contributed by atoms with E-state index in [1.54, 1.807) is 0 Å². The van der Waals surface area contributed by atoms with Gasteiger partial charge in [-0.25, -0.2) is 0 Å². The molecule has 310 valence electrons. The number of carbonyl (C=O) groups excluding carboxylic acids is 2. The van der Waals surface area contributed by atoms with E-state index in [-0.39, 0.29) is 24.0 Å². The normalized spacial score (nSPS) is 11.7. The van der Waals surface area contributed by atoms with E-state index < -0.39 is 0 Å². The number of hydrogen-bond donors (Lipinski definition) is 2. The molecule has 0 unspecified atom stereocenters. The summed E-state index contributed by atoms with van der Waals surface area (Å²) in [5.74, 6) is 0.174. The van der Waals surface area contributed by atoms with Crippen molar-refractivity contribution in [1.82, 2.24) is 10.6 Å². The van der Waals surface area contributed by atoms with Gasteiger partial charge in [-0.15, -0.1) is 0 Å². The van der Waals surface area contributed by atoms with Gasteiger partial charge in [0.1, 0.15) is 5.78 Å². The summed E-state index contributed by atoms with van der Waals surface area (Å²) in [7, 11) is 0. The van der Waals surface area contributed by atoms with Crippen LogP contribution in [0.4, 0.5) is 0 Å². The van der Waals surface area contributed by atoms with Crippen LogP contribution in [-0.4, -0.2) is 189 Å². The van der Waals surface area contributed by atoms with E-state index >= 15 is 0 Å². The topological polar surface area (TPSA) is 169 Å². The molecule has 0 fully saturated rings. The van der Waals surface area contributed by atoms with E-state index in [0.29, 0.717) is 178 Å². The number of rotatable bonds is 44. The number of carbonyl (C=O) groups is 2. The minimum atomic E-state index is -0.0897. The van der Waals surface area contributed by atoms with Crippen molar-refractivity contribution in [2.45, 2.75) is 46.6 Å². The highest BCUT2D eigenvalue weighted by atomic mass is 16.6. The van der Waals surface area contributed by atoms with Gasteiger partial charge in [0, 0.05) is 37.9 Å². The molecule has 0 aromatic carbocycles. The van der Waals surface area contributed by atoms with Crippen LogP contribution in [-0.2, 0) is 66.4 Å². The Balaban J connectivity index is 3.17. The molecule has 0 aliphatic carbocycles. The molecule has 0 atom stereocenters. The molecule has 0 bridgehead atoms. The highest BCUT2D eigenvalue weighted by molar-refractivity contribution is 5.80. The fourth-order valence-electron chi connectivity index (χ4n) is 3.80. The number of nitrogens with one attached hydrogen (secondary N) is 2. The summed E-state index contributed by atoms with van der Waals surface area (Å²) in [5, 5.41) is 6.09. The van der Waals surface area contributed by atoms with Gasteiger partial charge in [-0.05, 0) is 0 Å². The maximum atomic E-state index is 11.9. The molecule has 0 aliphatic rings. The van der Waals surface area contributed by atoms with Gasteiger partial charge in [0.2, 0.25) is 5.91 Å². The summed E-state index contributed by atoms with van der Waals surface area (Å²) in [6.07, 6.45) is 0.722. The fraction of sp³-hybridized carbons (Fsp3) is 0.944. The minimum Gasteiger partial charge on any atom is -0.379 e. The van der Waals surface area contributed by atoms with Crippen LogP contribution in [0, 0.1) is 5.92 Å². The predicted molar refractivity (Wildman–Crippen MR) is 195 cm³/mol. The maximum absolute atomic E-state index is 11.9. The lowest BCUT2D eigenvalue weighted by atomic mass is 10.1. The van der Waals surface area contributed by atoms with Crippen molar-refractivity contribution in [3.8, 4) is 0 Å². The molecule has 0 saturated heterocycles. The molecule has 16 nitrogen and oxygen atoms in total. The van der Waals surface area contributed by atoms with Gasteiger partial charge in [0.05, 0.1) is 159 Å². The summed E-state index contributed by atoms with van der Waals surface area (Å²) in [4.78, 5) is 23.4. The van der Waals surface area contributed by atoms with Crippen LogP contribution in [0.1, 0.15) is 40.5 Å². The highest BCUT2D eigenvalue weighted by Gasteiger charge is 2.06. The van der Waals surface area contributed by atoms with Crippen LogP contribution in [0.5, 0.6) is 0 Å². The van der Waals surface area contributed by atoms with Crippen LogP contribution in [0.25, 0.3) is 0 Å². The average molecular weight is 757 g/mol. The molecular weight excluding hydrogens is 684 g/mol. The van der Waals surface area contributed by atoms with Crippen molar-refractivity contribution in [1.29, 1.82) is 0 Å². The number of hydrogen-bond acceptors (Lipinski definition) is 15. The van der Waals surface area contributed by atoms with Crippen molar-refractivity contribution in [3.63, 3.8) is 0 Å². The monoisotopic (exact) mass is 756 g/mol. The third kappa shape index (κ3) is 43.0. The summed E-state index contributed by atoms with van der Waals surface area (Å²) < 4.78 is 65.4. The zero-order valence-corrected chi connectivity index (χ0v) is 32.7. The molecule has 0 aliphatic heterocycles. The lowest BCUT2D eigenvalue weighted by Crippen LogP contribution is -2.28. The predicted octanol–water partition coefficient (Wildman–Crippen LogP) is 1.31. The summed E-state index contributed by atoms with van der Waals surface area (Å²) in [5.41, 5.74) is 0. The van der Waals surface area contributed by atoms with Crippen molar-refractivity contribution < 1.29 is 66.4 Å². The SMILES string of the molecule is CC(C)NCCOCCOCCOCCOCCOCCOCCC(=O)NCCOCCOCCOCCOCCOCCOCCC(=O)C(C)C. The highest BCUT2D eigenvalue weighted by Crippen LogP contribution is 1.98. The second-order valence-corrected chi connectivity index (χ2v) is 11.9. The Morgan fingerprint density at radius 2 is 0.635 bits per heavy atom. The largest absolute Gasteiger partial charge is 0.379 e. The van der Waals surface area contributed by atoms with E-state index in [2.05, 4.69) is 24.5 Å². The summed E-state index contributed by atoms with van der Waals surface area (Å²) in [6, 6.07) is 0.470. The van der Waals surface area contributed by atoms with Crippen molar-refractivity contribution in [3.05, 3.63) is 0 Å². The second kappa shape index (κ2) is 42.4. The number of Topliss-reactive ketones (excluding diaryl/α,β-unsaturated/α-hetero) is 1. The zero-order chi connectivity index (χ0) is 38.0. The van der Waals surface area contributed by atoms with Gasteiger partial charge in [0.25, 0.3) is 0 Å². The third-order valence-electron chi connectivity index (χ3n) is 6.70. The van der Waals surface area contributed by atoms with Gasteiger partial charge in [-0.3, -0.25) is 9.59 Å². The first kappa shape index (κ1) is 50.6. The van der Waals surface area contributed by atoms with E-state index in [9.17, 15) is 9.59 Å². The quantitative estimate of drug-likeness (QED) is 0.0854. The van der Waals surface area contributed by atoms with Gasteiger partial charge >= 0.3 is 0 Å². The molecule has 0 heterocycles. The zero-order valence-electron chi connectivity index (χ0n) is 32.7. The van der Waals surface area contributed by atoms with Crippen molar-refractivity contribution >= 4 is 11.7 Å². The first-order valence-corrected chi connectivity index (χ1v) is 18.9. The van der Waals surface area contributed by atoms with Crippen LogP contribution in [0.2, 0.25) is 0 Å². The Morgan fingerprint density at radius 1 is 0.365 bits per heavy atom. The smallest absolute Gasteiger partial charge is 0.222 e. The van der Waals surface area contributed by atoms with E-state index in [0.717, 1.165) is 6.54 Å². The summed E-state index contributed by atoms with van der Waals surface area (Å²) >= 11 is 0. The Kier molecular flexibility index (Phi) is 41.2. The van der Waals surface area contributed by atoms with Gasteiger partial charge in [0.15, 0.2) is 0 Å². The molecule has 0 aromatic heterocycles.